The Labute approximate surface area is 159 Å². The van der Waals surface area contributed by atoms with Crippen molar-refractivity contribution < 1.29 is 4.39 Å². The van der Waals surface area contributed by atoms with Crippen LogP contribution in [-0.4, -0.2) is 25.6 Å². The molecule has 1 aromatic rings. The van der Waals surface area contributed by atoms with E-state index in [1.54, 1.807) is 13.1 Å². The lowest BCUT2D eigenvalue weighted by molar-refractivity contribution is 0.502. The predicted octanol–water partition coefficient (Wildman–Crippen LogP) is 4.26. The van der Waals surface area contributed by atoms with Crippen molar-refractivity contribution in [3.05, 3.63) is 46.8 Å². The molecule has 128 valence electrons. The Morgan fingerprint density at radius 3 is 2.57 bits per heavy atom. The summed E-state index contributed by atoms with van der Waals surface area (Å²) in [7, 11) is 1.76. The summed E-state index contributed by atoms with van der Waals surface area (Å²) in [5.74, 6) is 0.462. The summed E-state index contributed by atoms with van der Waals surface area (Å²) < 4.78 is 13.2. The van der Waals surface area contributed by atoms with E-state index in [0.717, 1.165) is 24.4 Å². The average molecular weight is 452 g/mol. The molecule has 1 aliphatic rings. The monoisotopic (exact) mass is 451 g/mol. The van der Waals surface area contributed by atoms with Crippen LogP contribution in [0.1, 0.15) is 32.3 Å². The number of hydrogen-bond acceptors (Lipinski definition) is 1. The van der Waals surface area contributed by atoms with Gasteiger partial charge in [0, 0.05) is 30.1 Å². The van der Waals surface area contributed by atoms with Crippen LogP contribution in [0.25, 0.3) is 0 Å². The highest BCUT2D eigenvalue weighted by Crippen LogP contribution is 2.29. The molecule has 0 heterocycles. The van der Waals surface area contributed by atoms with Crippen molar-refractivity contribution in [1.29, 1.82) is 0 Å². The topological polar surface area (TPSA) is 36.4 Å². The Balaban J connectivity index is 0.00000264. The fourth-order valence-corrected chi connectivity index (χ4v) is 2.98. The Kier molecular flexibility index (Phi) is 7.80. The van der Waals surface area contributed by atoms with Gasteiger partial charge in [-0.3, -0.25) is 4.99 Å². The van der Waals surface area contributed by atoms with E-state index in [1.807, 2.05) is 0 Å². The molecular weight excluding hydrogens is 428 g/mol. The summed E-state index contributed by atoms with van der Waals surface area (Å²) in [5, 5.41) is 7.19. The third-order valence-electron chi connectivity index (χ3n) is 3.93. The molecule has 3 nitrogen and oxygen atoms in total. The molecule has 0 unspecified atom stereocenters. The molecule has 23 heavy (non-hydrogen) atoms. The molecule has 0 fully saturated rings. The lowest BCUT2D eigenvalue weighted by Gasteiger charge is -2.28. The fraction of sp³-hybridized carbons (Fsp3) is 0.471. The van der Waals surface area contributed by atoms with E-state index in [1.165, 1.54) is 12.1 Å². The molecule has 0 saturated heterocycles. The zero-order valence-electron chi connectivity index (χ0n) is 13.7. The number of nitrogens with one attached hydrogen (secondary N) is 2. The second-order valence-electron chi connectivity index (χ2n) is 6.22. The molecule has 6 heteroatoms. The second kappa shape index (κ2) is 8.87. The first-order valence-corrected chi connectivity index (χ1v) is 7.88. The number of halogens is 3. The highest BCUT2D eigenvalue weighted by molar-refractivity contribution is 14.0. The summed E-state index contributed by atoms with van der Waals surface area (Å²) in [6, 6.07) is 4.95. The van der Waals surface area contributed by atoms with Crippen LogP contribution in [0.3, 0.4) is 0 Å². The van der Waals surface area contributed by atoms with Crippen LogP contribution in [0, 0.1) is 5.82 Å². The van der Waals surface area contributed by atoms with Gasteiger partial charge in [0.05, 0.1) is 0 Å². The highest BCUT2D eigenvalue weighted by atomic mass is 127. The maximum Gasteiger partial charge on any atom is 0.191 e. The lowest BCUT2D eigenvalue weighted by Crippen LogP contribution is -2.46. The van der Waals surface area contributed by atoms with E-state index < -0.39 is 0 Å². The van der Waals surface area contributed by atoms with E-state index >= 15 is 0 Å². The van der Waals surface area contributed by atoms with Crippen LogP contribution >= 0.6 is 35.6 Å². The van der Waals surface area contributed by atoms with E-state index in [9.17, 15) is 4.39 Å². The zero-order valence-corrected chi connectivity index (χ0v) is 16.8. The molecule has 0 atom stereocenters. The van der Waals surface area contributed by atoms with Crippen molar-refractivity contribution in [2.45, 2.75) is 38.1 Å². The lowest BCUT2D eigenvalue weighted by atomic mass is 9.84. The molecular formula is C17H24ClFIN3. The largest absolute Gasteiger partial charge is 0.356 e. The molecule has 1 aliphatic carbocycles. The van der Waals surface area contributed by atoms with Crippen molar-refractivity contribution in [1.82, 2.24) is 10.6 Å². The summed E-state index contributed by atoms with van der Waals surface area (Å²) in [5.41, 5.74) is 0.678. The molecule has 0 spiro atoms. The molecule has 1 aromatic carbocycles. The van der Waals surface area contributed by atoms with Crippen molar-refractivity contribution in [3.8, 4) is 0 Å². The van der Waals surface area contributed by atoms with Crippen molar-refractivity contribution in [2.24, 2.45) is 4.99 Å². The second-order valence-corrected chi connectivity index (χ2v) is 6.63. The van der Waals surface area contributed by atoms with Gasteiger partial charge in [-0.1, -0.05) is 43.7 Å². The third kappa shape index (κ3) is 5.64. The molecule has 0 saturated carbocycles. The Bertz CT molecular complexity index is 579. The maximum atomic E-state index is 13.2. The number of nitrogens with zero attached hydrogens (tertiary/aromatic N) is 1. The van der Waals surface area contributed by atoms with Gasteiger partial charge in [-0.05, 0) is 30.5 Å². The van der Waals surface area contributed by atoms with Crippen molar-refractivity contribution >= 4 is 41.5 Å². The number of rotatable bonds is 4. The van der Waals surface area contributed by atoms with Crippen LogP contribution in [0.5, 0.6) is 0 Å². The summed E-state index contributed by atoms with van der Waals surface area (Å²) in [4.78, 5) is 4.26. The van der Waals surface area contributed by atoms with E-state index in [4.69, 9.17) is 11.6 Å². The van der Waals surface area contributed by atoms with Gasteiger partial charge in [0.25, 0.3) is 0 Å². The van der Waals surface area contributed by atoms with Gasteiger partial charge < -0.3 is 10.6 Å². The molecule has 2 N–H and O–H groups in total. The number of aliphatic imine (C=N–C) groups is 1. The van der Waals surface area contributed by atoms with Gasteiger partial charge >= 0.3 is 0 Å². The van der Waals surface area contributed by atoms with Crippen LogP contribution in [-0.2, 0) is 5.41 Å². The number of hydrogen-bond donors (Lipinski definition) is 2. The normalized spacial score (nSPS) is 15.4. The summed E-state index contributed by atoms with van der Waals surface area (Å²) >= 11 is 6.18. The average Bonchev–Trinajstić information content (AvgIpc) is 2.96. The summed E-state index contributed by atoms with van der Waals surface area (Å²) in [6.07, 6.45) is 6.39. The molecule has 0 bridgehead atoms. The van der Waals surface area contributed by atoms with Crippen LogP contribution in [0.4, 0.5) is 4.39 Å². The fourth-order valence-electron chi connectivity index (χ4n) is 2.56. The Hall–Kier alpha value is -0.820. The van der Waals surface area contributed by atoms with Gasteiger partial charge in [0.1, 0.15) is 5.82 Å². The smallest absolute Gasteiger partial charge is 0.191 e. The van der Waals surface area contributed by atoms with E-state index in [-0.39, 0.29) is 35.2 Å². The predicted molar refractivity (Wildman–Crippen MR) is 107 cm³/mol. The van der Waals surface area contributed by atoms with Crippen LogP contribution < -0.4 is 10.6 Å². The van der Waals surface area contributed by atoms with Gasteiger partial charge in [-0.2, -0.15) is 0 Å². The Morgan fingerprint density at radius 2 is 2.00 bits per heavy atom. The molecule has 0 aromatic heterocycles. The number of guanidine groups is 1. The first-order chi connectivity index (χ1) is 10.4. The molecule has 0 amide bonds. The minimum atomic E-state index is -0.316. The molecule has 2 rings (SSSR count). The number of benzene rings is 1. The Morgan fingerprint density at radius 1 is 1.35 bits per heavy atom. The standard InChI is InChI=1S/C17H23ClFN3.HI/c1-17(2,14-9-8-12(19)10-15(14)18)11-21-16(20-3)22-13-6-4-5-7-13;/h4-5,8-10,13H,6-7,11H2,1-3H3,(H2,20,21,22);1H. The minimum absolute atomic E-state index is 0. The molecule has 0 radical (unpaired) electrons. The first kappa shape index (κ1) is 20.2. The maximum absolute atomic E-state index is 13.2. The van der Waals surface area contributed by atoms with Crippen LogP contribution in [0.15, 0.2) is 35.3 Å². The SMILES string of the molecule is CN=C(NCC(C)(C)c1ccc(F)cc1Cl)NC1CC=CC1.I. The van der Waals surface area contributed by atoms with Gasteiger partial charge in [-0.25, -0.2) is 4.39 Å². The van der Waals surface area contributed by atoms with Gasteiger partial charge in [0.2, 0.25) is 0 Å². The van der Waals surface area contributed by atoms with E-state index in [2.05, 4.69) is 41.6 Å². The van der Waals surface area contributed by atoms with Crippen molar-refractivity contribution in [3.63, 3.8) is 0 Å². The minimum Gasteiger partial charge on any atom is -0.356 e. The quantitative estimate of drug-likeness (QED) is 0.311. The van der Waals surface area contributed by atoms with Crippen molar-refractivity contribution in [2.75, 3.05) is 13.6 Å². The third-order valence-corrected chi connectivity index (χ3v) is 4.24. The van der Waals surface area contributed by atoms with Crippen LogP contribution in [0.2, 0.25) is 5.02 Å². The van der Waals surface area contributed by atoms with E-state index in [0.29, 0.717) is 17.6 Å². The first-order valence-electron chi connectivity index (χ1n) is 7.50. The summed E-state index contributed by atoms with van der Waals surface area (Å²) in [6.45, 7) is 4.80. The van der Waals surface area contributed by atoms with Gasteiger partial charge in [-0.15, -0.1) is 24.0 Å². The zero-order chi connectivity index (χ0) is 16.2. The molecule has 0 aliphatic heterocycles. The van der Waals surface area contributed by atoms with Gasteiger partial charge in [0.15, 0.2) is 5.96 Å². The highest BCUT2D eigenvalue weighted by Gasteiger charge is 2.24.